The van der Waals surface area contributed by atoms with Gasteiger partial charge in [0.2, 0.25) is 5.91 Å². The molecule has 0 spiro atoms. The fraction of sp³-hybridized carbons (Fsp3) is 0.211. The van der Waals surface area contributed by atoms with Crippen molar-refractivity contribution < 1.29 is 14.3 Å². The molecule has 1 fully saturated rings. The monoisotopic (exact) mass is 395 g/mol. The van der Waals surface area contributed by atoms with E-state index in [0.717, 1.165) is 16.3 Å². The number of amides is 2. The van der Waals surface area contributed by atoms with Crippen molar-refractivity contribution in [3.05, 3.63) is 65.6 Å². The van der Waals surface area contributed by atoms with Crippen LogP contribution in [0.3, 0.4) is 0 Å². The maximum atomic E-state index is 12.7. The number of hydrogen-bond donors (Lipinski definition) is 2. The molecule has 0 saturated carbocycles. The van der Waals surface area contributed by atoms with E-state index in [1.807, 2.05) is 35.7 Å². The van der Waals surface area contributed by atoms with Gasteiger partial charge >= 0.3 is 0 Å². The Morgan fingerprint density at radius 1 is 1.29 bits per heavy atom. The average Bonchev–Trinajstić information content (AvgIpc) is 3.22. The lowest BCUT2D eigenvalue weighted by atomic mass is 9.99. The zero-order valence-corrected chi connectivity index (χ0v) is 15.6. The molecule has 1 aromatic carbocycles. The summed E-state index contributed by atoms with van der Waals surface area (Å²) in [4.78, 5) is 37.2. The number of rotatable bonds is 5. The summed E-state index contributed by atoms with van der Waals surface area (Å²) >= 11 is 1.43. The molecule has 1 aliphatic rings. The Morgan fingerprint density at radius 2 is 2.14 bits per heavy atom. The molecule has 8 nitrogen and oxygen atoms in total. The van der Waals surface area contributed by atoms with Crippen molar-refractivity contribution in [2.75, 3.05) is 6.61 Å². The molecule has 28 heavy (non-hydrogen) atoms. The molecule has 1 saturated heterocycles. The second-order valence-corrected chi connectivity index (χ2v) is 7.00. The van der Waals surface area contributed by atoms with E-state index in [4.69, 9.17) is 4.74 Å². The summed E-state index contributed by atoms with van der Waals surface area (Å²) in [6.07, 6.45) is 4.05. The quantitative estimate of drug-likeness (QED) is 0.678. The molecule has 2 amide bonds. The molecule has 0 radical (unpaired) electrons. The molecule has 4 rings (SSSR count). The van der Waals surface area contributed by atoms with E-state index in [9.17, 15) is 9.59 Å². The molecule has 9 heteroatoms. The molecule has 0 bridgehead atoms. The van der Waals surface area contributed by atoms with Crippen molar-refractivity contribution in [1.82, 2.24) is 25.6 Å². The van der Waals surface area contributed by atoms with Gasteiger partial charge < -0.3 is 15.4 Å². The molecular weight excluding hydrogens is 378 g/mol. The molecule has 2 atom stereocenters. The van der Waals surface area contributed by atoms with Gasteiger partial charge in [0.25, 0.3) is 5.91 Å². The molecule has 2 aromatic heterocycles. The molecule has 2 N–H and O–H groups in total. The summed E-state index contributed by atoms with van der Waals surface area (Å²) in [5.41, 5.74) is 2.22. The van der Waals surface area contributed by atoms with E-state index < -0.39 is 12.1 Å². The fourth-order valence-corrected chi connectivity index (χ4v) is 3.67. The zero-order valence-electron chi connectivity index (χ0n) is 14.7. The van der Waals surface area contributed by atoms with Gasteiger partial charge in [-0.25, -0.2) is 4.98 Å². The highest BCUT2D eigenvalue weighted by Crippen LogP contribution is 2.23. The lowest BCUT2D eigenvalue weighted by molar-refractivity contribution is -0.148. The Kier molecular flexibility index (Phi) is 5.36. The molecule has 3 heterocycles. The number of morpholine rings is 1. The summed E-state index contributed by atoms with van der Waals surface area (Å²) in [6.45, 7) is 0.111. The van der Waals surface area contributed by atoms with Crippen LogP contribution in [0.2, 0.25) is 0 Å². The summed E-state index contributed by atoms with van der Waals surface area (Å²) in [6, 6.07) is 8.76. The standard InChI is InChI=1S/C19H17N5O3S/c25-15-10-27-17(16(24-15)12-4-2-1-3-5-12)18(26)22-8-13-11-28-19(23-13)14-9-20-6-7-21-14/h1-7,9,11,16-17H,8,10H2,(H,22,26)(H,24,25)/t16-,17+/m1/s1. The zero-order chi connectivity index (χ0) is 19.3. The van der Waals surface area contributed by atoms with Crippen LogP contribution in [0, 0.1) is 0 Å². The SMILES string of the molecule is O=C1CO[C@H](C(=O)NCc2csc(-c3cnccn3)n2)[C@@H](c2ccccc2)N1. The Balaban J connectivity index is 1.43. The molecule has 0 aliphatic carbocycles. The fourth-order valence-electron chi connectivity index (χ4n) is 2.89. The molecule has 0 unspecified atom stereocenters. The highest BCUT2D eigenvalue weighted by molar-refractivity contribution is 7.13. The highest BCUT2D eigenvalue weighted by Gasteiger charge is 2.35. The Labute approximate surface area is 165 Å². The van der Waals surface area contributed by atoms with Crippen LogP contribution >= 0.6 is 11.3 Å². The van der Waals surface area contributed by atoms with E-state index >= 15 is 0 Å². The van der Waals surface area contributed by atoms with Crippen LogP contribution in [0.4, 0.5) is 0 Å². The van der Waals surface area contributed by atoms with Crippen LogP contribution < -0.4 is 10.6 Å². The molecule has 1 aliphatic heterocycles. The minimum Gasteiger partial charge on any atom is -0.356 e. The van der Waals surface area contributed by atoms with Gasteiger partial charge in [-0.3, -0.25) is 19.6 Å². The van der Waals surface area contributed by atoms with Crippen molar-refractivity contribution in [2.45, 2.75) is 18.7 Å². The maximum absolute atomic E-state index is 12.7. The summed E-state index contributed by atoms with van der Waals surface area (Å²) in [5, 5.41) is 8.28. The third-order valence-corrected chi connectivity index (χ3v) is 5.12. The minimum atomic E-state index is -0.807. The lowest BCUT2D eigenvalue weighted by Crippen LogP contribution is -2.52. The van der Waals surface area contributed by atoms with E-state index in [-0.39, 0.29) is 25.0 Å². The van der Waals surface area contributed by atoms with E-state index in [1.54, 1.807) is 18.6 Å². The Morgan fingerprint density at radius 3 is 2.93 bits per heavy atom. The van der Waals surface area contributed by atoms with Gasteiger partial charge in [-0.15, -0.1) is 11.3 Å². The van der Waals surface area contributed by atoms with Gasteiger partial charge in [0.1, 0.15) is 17.3 Å². The predicted molar refractivity (Wildman–Crippen MR) is 102 cm³/mol. The number of carbonyl (C=O) groups is 2. The second-order valence-electron chi connectivity index (χ2n) is 6.14. The first-order valence-electron chi connectivity index (χ1n) is 8.65. The first-order valence-corrected chi connectivity index (χ1v) is 9.53. The summed E-state index contributed by atoms with van der Waals surface area (Å²) in [5.74, 6) is -0.547. The Bertz CT molecular complexity index is 964. The van der Waals surface area contributed by atoms with Gasteiger partial charge in [0.05, 0.1) is 24.5 Å². The van der Waals surface area contributed by atoms with Gasteiger partial charge in [0.15, 0.2) is 6.10 Å². The predicted octanol–water partition coefficient (Wildman–Crippen LogP) is 1.47. The number of benzene rings is 1. The number of hydrogen-bond acceptors (Lipinski definition) is 7. The van der Waals surface area contributed by atoms with Crippen molar-refractivity contribution in [1.29, 1.82) is 0 Å². The van der Waals surface area contributed by atoms with E-state index in [1.165, 1.54) is 11.3 Å². The van der Waals surface area contributed by atoms with Gasteiger partial charge in [-0.05, 0) is 5.56 Å². The maximum Gasteiger partial charge on any atom is 0.251 e. The third-order valence-electron chi connectivity index (χ3n) is 4.21. The van der Waals surface area contributed by atoms with Gasteiger partial charge in [0, 0.05) is 17.8 Å². The summed E-state index contributed by atoms with van der Waals surface area (Å²) < 4.78 is 5.52. The van der Waals surface area contributed by atoms with Crippen LogP contribution in [0.5, 0.6) is 0 Å². The second kappa shape index (κ2) is 8.24. The highest BCUT2D eigenvalue weighted by atomic mass is 32.1. The van der Waals surface area contributed by atoms with Crippen LogP contribution in [-0.2, 0) is 20.9 Å². The first-order chi connectivity index (χ1) is 13.7. The number of nitrogens with zero attached hydrogens (tertiary/aromatic N) is 3. The molecule has 142 valence electrons. The average molecular weight is 395 g/mol. The number of nitrogens with one attached hydrogen (secondary N) is 2. The largest absolute Gasteiger partial charge is 0.356 e. The van der Waals surface area contributed by atoms with Crippen molar-refractivity contribution in [3.63, 3.8) is 0 Å². The Hall–Kier alpha value is -3.17. The number of aromatic nitrogens is 3. The van der Waals surface area contributed by atoms with Crippen molar-refractivity contribution in [2.24, 2.45) is 0 Å². The number of thiazole rings is 1. The number of carbonyl (C=O) groups excluding carboxylic acids is 2. The van der Waals surface area contributed by atoms with Gasteiger partial charge in [-0.1, -0.05) is 30.3 Å². The number of ether oxygens (including phenoxy) is 1. The van der Waals surface area contributed by atoms with Gasteiger partial charge in [-0.2, -0.15) is 0 Å². The third kappa shape index (κ3) is 4.05. The molecule has 3 aromatic rings. The topological polar surface area (TPSA) is 106 Å². The summed E-state index contributed by atoms with van der Waals surface area (Å²) in [7, 11) is 0. The van der Waals surface area contributed by atoms with E-state index in [2.05, 4.69) is 25.6 Å². The minimum absolute atomic E-state index is 0.144. The van der Waals surface area contributed by atoms with Crippen LogP contribution in [0.1, 0.15) is 17.3 Å². The van der Waals surface area contributed by atoms with Crippen molar-refractivity contribution >= 4 is 23.2 Å². The van der Waals surface area contributed by atoms with Crippen LogP contribution in [-0.4, -0.2) is 39.5 Å². The van der Waals surface area contributed by atoms with E-state index in [0.29, 0.717) is 5.69 Å². The van der Waals surface area contributed by atoms with Crippen LogP contribution in [0.25, 0.3) is 10.7 Å². The first kappa shape index (κ1) is 18.2. The van der Waals surface area contributed by atoms with Crippen LogP contribution in [0.15, 0.2) is 54.3 Å². The lowest BCUT2D eigenvalue weighted by Gasteiger charge is -2.31. The smallest absolute Gasteiger partial charge is 0.251 e. The normalized spacial score (nSPS) is 19.1. The van der Waals surface area contributed by atoms with Crippen molar-refractivity contribution in [3.8, 4) is 10.7 Å². The molecular formula is C19H17N5O3S.